The van der Waals surface area contributed by atoms with Gasteiger partial charge in [0.2, 0.25) is 0 Å². The highest BCUT2D eigenvalue weighted by molar-refractivity contribution is 7.07. The molecule has 2 nitrogen and oxygen atoms in total. The standard InChI is InChI=1S/C16H20FNOS/c1-3-18-14(9-12-7-8-20-11-12)10-13-5-4-6-15(19-2)16(13)17/h4-8,11,14,18H,3,9-10H2,1-2H3. The van der Waals surface area contributed by atoms with Crippen molar-refractivity contribution < 1.29 is 9.13 Å². The van der Waals surface area contributed by atoms with Gasteiger partial charge in [-0.3, -0.25) is 0 Å². The van der Waals surface area contributed by atoms with E-state index >= 15 is 0 Å². The summed E-state index contributed by atoms with van der Waals surface area (Å²) < 4.78 is 19.2. The van der Waals surface area contributed by atoms with Gasteiger partial charge in [0.1, 0.15) is 0 Å². The number of methoxy groups -OCH3 is 1. The van der Waals surface area contributed by atoms with Crippen molar-refractivity contribution in [2.75, 3.05) is 13.7 Å². The third-order valence-electron chi connectivity index (χ3n) is 3.28. The van der Waals surface area contributed by atoms with E-state index in [2.05, 4.69) is 29.1 Å². The average Bonchev–Trinajstić information content (AvgIpc) is 2.94. The van der Waals surface area contributed by atoms with Gasteiger partial charge in [-0.2, -0.15) is 11.3 Å². The smallest absolute Gasteiger partial charge is 0.168 e. The number of halogens is 1. The molecule has 1 aromatic heterocycles. The summed E-state index contributed by atoms with van der Waals surface area (Å²) >= 11 is 1.69. The lowest BCUT2D eigenvalue weighted by atomic mass is 10.00. The molecule has 0 fully saturated rings. The van der Waals surface area contributed by atoms with Gasteiger partial charge in [-0.15, -0.1) is 0 Å². The predicted molar refractivity (Wildman–Crippen MR) is 82.1 cm³/mol. The van der Waals surface area contributed by atoms with Crippen molar-refractivity contribution in [1.82, 2.24) is 5.32 Å². The monoisotopic (exact) mass is 293 g/mol. The first kappa shape index (κ1) is 15.0. The van der Waals surface area contributed by atoms with Crippen LogP contribution in [0, 0.1) is 5.82 Å². The lowest BCUT2D eigenvalue weighted by Crippen LogP contribution is -2.33. The van der Waals surface area contributed by atoms with Crippen molar-refractivity contribution in [2.24, 2.45) is 0 Å². The average molecular weight is 293 g/mol. The molecule has 108 valence electrons. The highest BCUT2D eigenvalue weighted by atomic mass is 32.1. The van der Waals surface area contributed by atoms with Crippen LogP contribution in [0.3, 0.4) is 0 Å². The molecule has 0 saturated carbocycles. The van der Waals surface area contributed by atoms with Crippen molar-refractivity contribution in [1.29, 1.82) is 0 Å². The lowest BCUT2D eigenvalue weighted by molar-refractivity contribution is 0.382. The fraction of sp³-hybridized carbons (Fsp3) is 0.375. The maximum Gasteiger partial charge on any atom is 0.168 e. The molecule has 1 N–H and O–H groups in total. The summed E-state index contributed by atoms with van der Waals surface area (Å²) in [5.74, 6) is 0.0662. The Hall–Kier alpha value is -1.39. The Morgan fingerprint density at radius 1 is 1.30 bits per heavy atom. The van der Waals surface area contributed by atoms with Crippen molar-refractivity contribution >= 4 is 11.3 Å². The molecule has 0 amide bonds. The fourth-order valence-electron chi connectivity index (χ4n) is 2.34. The molecule has 0 spiro atoms. The molecule has 20 heavy (non-hydrogen) atoms. The second-order valence-corrected chi connectivity index (χ2v) is 5.51. The first-order valence-corrected chi connectivity index (χ1v) is 7.74. The zero-order valence-electron chi connectivity index (χ0n) is 11.9. The SMILES string of the molecule is CCNC(Cc1ccsc1)Cc1cccc(OC)c1F. The highest BCUT2D eigenvalue weighted by Gasteiger charge is 2.15. The number of hydrogen-bond donors (Lipinski definition) is 1. The van der Waals surface area contributed by atoms with E-state index in [1.165, 1.54) is 12.7 Å². The Balaban J connectivity index is 2.11. The van der Waals surface area contributed by atoms with E-state index in [0.29, 0.717) is 17.7 Å². The second-order valence-electron chi connectivity index (χ2n) is 4.73. The molecular formula is C16H20FNOS. The van der Waals surface area contributed by atoms with Gasteiger partial charge in [0, 0.05) is 6.04 Å². The quantitative estimate of drug-likeness (QED) is 0.841. The summed E-state index contributed by atoms with van der Waals surface area (Å²) in [6.07, 6.45) is 1.57. The Kier molecular flexibility index (Phi) is 5.56. The molecule has 0 saturated heterocycles. The summed E-state index contributed by atoms with van der Waals surface area (Å²) in [4.78, 5) is 0. The zero-order chi connectivity index (χ0) is 14.4. The minimum absolute atomic E-state index is 0.233. The zero-order valence-corrected chi connectivity index (χ0v) is 12.7. The third kappa shape index (κ3) is 3.81. The molecule has 0 aliphatic rings. The van der Waals surface area contributed by atoms with Gasteiger partial charge in [-0.25, -0.2) is 4.39 Å². The van der Waals surface area contributed by atoms with E-state index in [-0.39, 0.29) is 11.9 Å². The van der Waals surface area contributed by atoms with Crippen LogP contribution >= 0.6 is 11.3 Å². The molecule has 1 atom stereocenters. The Morgan fingerprint density at radius 3 is 2.80 bits per heavy atom. The van der Waals surface area contributed by atoms with Crippen molar-refractivity contribution in [3.8, 4) is 5.75 Å². The number of thiophene rings is 1. The summed E-state index contributed by atoms with van der Waals surface area (Å²) in [6, 6.07) is 7.67. The molecule has 0 aliphatic carbocycles. The van der Waals surface area contributed by atoms with E-state index < -0.39 is 0 Å². The van der Waals surface area contributed by atoms with Gasteiger partial charge < -0.3 is 10.1 Å². The van der Waals surface area contributed by atoms with E-state index in [1.54, 1.807) is 17.4 Å². The summed E-state index contributed by atoms with van der Waals surface area (Å²) in [5, 5.41) is 7.65. The molecule has 0 radical (unpaired) electrons. The Bertz CT molecular complexity index is 527. The third-order valence-corrected chi connectivity index (χ3v) is 4.02. The summed E-state index contributed by atoms with van der Waals surface area (Å²) in [5.41, 5.74) is 2.00. The molecule has 1 aromatic carbocycles. The first-order valence-electron chi connectivity index (χ1n) is 6.80. The van der Waals surface area contributed by atoms with Crippen LogP contribution < -0.4 is 10.1 Å². The number of rotatable bonds is 7. The topological polar surface area (TPSA) is 21.3 Å². The number of nitrogens with one attached hydrogen (secondary N) is 1. The van der Waals surface area contributed by atoms with Gasteiger partial charge >= 0.3 is 0 Å². The van der Waals surface area contributed by atoms with Gasteiger partial charge in [0.05, 0.1) is 7.11 Å². The van der Waals surface area contributed by atoms with Crippen molar-refractivity contribution in [3.05, 3.63) is 52.0 Å². The lowest BCUT2D eigenvalue weighted by Gasteiger charge is -2.18. The molecule has 0 aliphatic heterocycles. The molecule has 0 bridgehead atoms. The molecule has 2 rings (SSSR count). The van der Waals surface area contributed by atoms with Crippen molar-refractivity contribution in [2.45, 2.75) is 25.8 Å². The van der Waals surface area contributed by atoms with Gasteiger partial charge in [0.15, 0.2) is 11.6 Å². The maximum absolute atomic E-state index is 14.2. The van der Waals surface area contributed by atoms with Crippen molar-refractivity contribution in [3.63, 3.8) is 0 Å². The van der Waals surface area contributed by atoms with Crippen LogP contribution in [0.2, 0.25) is 0 Å². The normalized spacial score (nSPS) is 12.3. The maximum atomic E-state index is 14.2. The predicted octanol–water partition coefficient (Wildman–Crippen LogP) is 3.66. The largest absolute Gasteiger partial charge is 0.494 e. The number of ether oxygens (including phenoxy) is 1. The van der Waals surface area contributed by atoms with Crippen LogP contribution in [-0.4, -0.2) is 19.7 Å². The minimum Gasteiger partial charge on any atom is -0.494 e. The van der Waals surface area contributed by atoms with E-state index in [9.17, 15) is 4.39 Å². The van der Waals surface area contributed by atoms with Crippen LogP contribution in [-0.2, 0) is 12.8 Å². The van der Waals surface area contributed by atoms with Crippen LogP contribution in [0.1, 0.15) is 18.1 Å². The molecule has 2 aromatic rings. The van der Waals surface area contributed by atoms with E-state index in [0.717, 1.165) is 13.0 Å². The molecule has 1 unspecified atom stereocenters. The van der Waals surface area contributed by atoms with Crippen LogP contribution in [0.4, 0.5) is 4.39 Å². The Morgan fingerprint density at radius 2 is 2.15 bits per heavy atom. The summed E-state index contributed by atoms with van der Waals surface area (Å²) in [6.45, 7) is 2.95. The van der Waals surface area contributed by atoms with Crippen LogP contribution in [0.5, 0.6) is 5.75 Å². The van der Waals surface area contributed by atoms with Crippen LogP contribution in [0.15, 0.2) is 35.0 Å². The molecule has 1 heterocycles. The van der Waals surface area contributed by atoms with Gasteiger partial charge in [0.25, 0.3) is 0 Å². The Labute approximate surface area is 123 Å². The fourth-order valence-corrected chi connectivity index (χ4v) is 3.02. The molecular weight excluding hydrogens is 273 g/mol. The van der Waals surface area contributed by atoms with E-state index in [1.807, 2.05) is 12.1 Å². The minimum atomic E-state index is -0.247. The van der Waals surface area contributed by atoms with Gasteiger partial charge in [-0.1, -0.05) is 19.1 Å². The summed E-state index contributed by atoms with van der Waals surface area (Å²) in [7, 11) is 1.50. The van der Waals surface area contributed by atoms with Crippen LogP contribution in [0.25, 0.3) is 0 Å². The van der Waals surface area contributed by atoms with Gasteiger partial charge in [-0.05, 0) is 53.4 Å². The van der Waals surface area contributed by atoms with E-state index in [4.69, 9.17) is 4.74 Å². The highest BCUT2D eigenvalue weighted by Crippen LogP contribution is 2.22. The second kappa shape index (κ2) is 7.41. The number of likely N-dealkylation sites (N-methyl/N-ethyl adjacent to an activating group) is 1. The molecule has 4 heteroatoms. The number of hydrogen-bond acceptors (Lipinski definition) is 3. The first-order chi connectivity index (χ1) is 9.74. The number of benzene rings is 1.